The molecule has 0 amide bonds. The molecule has 5 nitrogen and oxygen atoms in total. The molecule has 142 valence electrons. The van der Waals surface area contributed by atoms with Crippen LogP contribution in [0.1, 0.15) is 28.8 Å². The maximum atomic E-state index is 12.4. The van der Waals surface area contributed by atoms with Crippen molar-refractivity contribution >= 4 is 21.6 Å². The van der Waals surface area contributed by atoms with E-state index >= 15 is 0 Å². The van der Waals surface area contributed by atoms with Crippen LogP contribution in [0.25, 0.3) is 0 Å². The van der Waals surface area contributed by atoms with E-state index in [4.69, 9.17) is 4.28 Å². The van der Waals surface area contributed by atoms with E-state index in [1.807, 2.05) is 24.3 Å². The molecule has 0 saturated carbocycles. The predicted octanol–water partition coefficient (Wildman–Crippen LogP) is 4.46. The van der Waals surface area contributed by atoms with Gasteiger partial charge >= 0.3 is 10.1 Å². The maximum absolute atomic E-state index is 12.4. The second kappa shape index (κ2) is 9.10. The monoisotopic (exact) mass is 393 g/mol. The van der Waals surface area contributed by atoms with Crippen molar-refractivity contribution in [3.63, 3.8) is 0 Å². The number of nitrogens with zero attached hydrogens (tertiary/aromatic N) is 1. The zero-order valence-corrected chi connectivity index (χ0v) is 15.9. The Bertz CT molecular complexity index is 1050. The van der Waals surface area contributed by atoms with Crippen LogP contribution in [0.3, 0.4) is 0 Å². The topological polar surface area (TPSA) is 72.8 Å². The fraction of sp³-hybridized carbons (Fsp3) is 0.0909. The lowest BCUT2D eigenvalue weighted by atomic mass is 10.0. The van der Waals surface area contributed by atoms with E-state index in [1.54, 1.807) is 54.6 Å². The number of hydrogen-bond acceptors (Lipinski definition) is 5. The molecule has 3 aromatic rings. The van der Waals surface area contributed by atoms with E-state index in [1.165, 1.54) is 12.1 Å². The molecular formula is C22H19NO4S. The van der Waals surface area contributed by atoms with E-state index in [0.29, 0.717) is 16.8 Å². The largest absolute Gasteiger partial charge is 0.358 e. The summed E-state index contributed by atoms with van der Waals surface area (Å²) in [5.41, 5.74) is 1.70. The molecule has 0 spiro atoms. The van der Waals surface area contributed by atoms with E-state index in [0.717, 1.165) is 0 Å². The Morgan fingerprint density at radius 2 is 1.21 bits per heavy atom. The van der Waals surface area contributed by atoms with Gasteiger partial charge in [-0.3, -0.25) is 9.08 Å². The van der Waals surface area contributed by atoms with Crippen molar-refractivity contribution in [2.75, 3.05) is 0 Å². The van der Waals surface area contributed by atoms with Gasteiger partial charge in [-0.25, -0.2) is 0 Å². The van der Waals surface area contributed by atoms with Gasteiger partial charge in [-0.1, -0.05) is 84.0 Å². The summed E-state index contributed by atoms with van der Waals surface area (Å²) in [5.74, 6) is -0.0462. The quantitative estimate of drug-likeness (QED) is 0.322. The molecule has 0 unspecified atom stereocenters. The summed E-state index contributed by atoms with van der Waals surface area (Å²) in [5, 5.41) is 3.88. The Kier molecular flexibility index (Phi) is 6.34. The van der Waals surface area contributed by atoms with Gasteiger partial charge in [0, 0.05) is 18.4 Å². The molecule has 0 radical (unpaired) electrons. The highest BCUT2D eigenvalue weighted by Crippen LogP contribution is 2.15. The van der Waals surface area contributed by atoms with Crippen molar-refractivity contribution < 1.29 is 17.5 Å². The first-order valence-corrected chi connectivity index (χ1v) is 10.2. The van der Waals surface area contributed by atoms with Crippen LogP contribution in [0.2, 0.25) is 0 Å². The molecule has 0 aromatic heterocycles. The number of carbonyl (C=O) groups excluding carboxylic acids is 1. The number of hydrogen-bond donors (Lipinski definition) is 0. The number of carbonyl (C=O) groups is 1. The van der Waals surface area contributed by atoms with Crippen LogP contribution in [-0.4, -0.2) is 19.9 Å². The van der Waals surface area contributed by atoms with E-state index < -0.39 is 10.1 Å². The SMILES string of the molecule is O=C(CC/C(=N/OS(=O)(=O)c1ccccc1)c1ccccc1)c1ccccc1. The molecule has 0 atom stereocenters. The van der Waals surface area contributed by atoms with Crippen LogP contribution >= 0.6 is 0 Å². The third-order valence-corrected chi connectivity index (χ3v) is 5.19. The summed E-state index contributed by atoms with van der Waals surface area (Å²) in [4.78, 5) is 12.4. The molecule has 28 heavy (non-hydrogen) atoms. The van der Waals surface area contributed by atoms with Crippen molar-refractivity contribution in [3.8, 4) is 0 Å². The minimum atomic E-state index is -4.03. The summed E-state index contributed by atoms with van der Waals surface area (Å²) in [6.45, 7) is 0. The highest BCUT2D eigenvalue weighted by Gasteiger charge is 2.17. The molecule has 3 rings (SSSR count). The van der Waals surface area contributed by atoms with Crippen LogP contribution in [0.15, 0.2) is 101 Å². The Morgan fingerprint density at radius 1 is 0.714 bits per heavy atom. The maximum Gasteiger partial charge on any atom is 0.358 e. The molecule has 6 heteroatoms. The Balaban J connectivity index is 1.80. The van der Waals surface area contributed by atoms with Crippen molar-refractivity contribution in [1.29, 1.82) is 0 Å². The standard InChI is InChI=1S/C22H19NO4S/c24-22(19-12-6-2-7-13-19)17-16-21(18-10-4-1-5-11-18)23-27-28(25,26)20-14-8-3-9-15-20/h1-15H,16-17H2/b23-21-. The molecule has 0 bridgehead atoms. The third-order valence-electron chi connectivity index (χ3n) is 4.07. The lowest BCUT2D eigenvalue weighted by Crippen LogP contribution is -2.09. The molecule has 0 saturated heterocycles. The van der Waals surface area contributed by atoms with Crippen LogP contribution < -0.4 is 0 Å². The summed E-state index contributed by atoms with van der Waals surface area (Å²) < 4.78 is 29.6. The summed E-state index contributed by atoms with van der Waals surface area (Å²) >= 11 is 0. The predicted molar refractivity (Wildman–Crippen MR) is 108 cm³/mol. The van der Waals surface area contributed by atoms with Crippen LogP contribution in [0.5, 0.6) is 0 Å². The summed E-state index contributed by atoms with van der Waals surface area (Å²) in [7, 11) is -4.03. The number of oxime groups is 1. The zero-order chi connectivity index (χ0) is 19.8. The molecular weight excluding hydrogens is 374 g/mol. The average molecular weight is 393 g/mol. The summed E-state index contributed by atoms with van der Waals surface area (Å²) in [6.07, 6.45) is 0.439. The first-order valence-electron chi connectivity index (χ1n) is 8.75. The molecule has 0 aliphatic carbocycles. The van der Waals surface area contributed by atoms with Gasteiger partial charge in [0.15, 0.2) is 5.78 Å². The lowest BCUT2D eigenvalue weighted by Gasteiger charge is -2.07. The molecule has 0 heterocycles. The van der Waals surface area contributed by atoms with Gasteiger partial charge in [0.1, 0.15) is 4.90 Å². The first kappa shape index (κ1) is 19.5. The van der Waals surface area contributed by atoms with Crippen LogP contribution in [-0.2, 0) is 14.4 Å². The highest BCUT2D eigenvalue weighted by atomic mass is 32.2. The van der Waals surface area contributed by atoms with Crippen molar-refractivity contribution in [2.24, 2.45) is 5.16 Å². The highest BCUT2D eigenvalue weighted by molar-refractivity contribution is 7.86. The Morgan fingerprint density at radius 3 is 1.79 bits per heavy atom. The number of benzene rings is 3. The fourth-order valence-corrected chi connectivity index (χ4v) is 3.36. The van der Waals surface area contributed by atoms with Gasteiger partial charge in [0.05, 0.1) is 5.71 Å². The minimum absolute atomic E-state index is 0.0199. The molecule has 0 N–H and O–H groups in total. The van der Waals surface area contributed by atoms with Gasteiger partial charge in [-0.2, -0.15) is 8.42 Å². The van der Waals surface area contributed by atoms with Crippen LogP contribution in [0, 0.1) is 0 Å². The van der Waals surface area contributed by atoms with Gasteiger partial charge in [-0.05, 0) is 17.7 Å². The van der Waals surface area contributed by atoms with Gasteiger partial charge in [0.2, 0.25) is 0 Å². The second-order valence-electron chi connectivity index (χ2n) is 6.03. The second-order valence-corrected chi connectivity index (χ2v) is 7.56. The van der Waals surface area contributed by atoms with Crippen molar-refractivity contribution in [3.05, 3.63) is 102 Å². The summed E-state index contributed by atoms with van der Waals surface area (Å²) in [6, 6.07) is 25.8. The van der Waals surface area contributed by atoms with Crippen LogP contribution in [0.4, 0.5) is 0 Å². The Hall–Kier alpha value is -3.25. The number of Topliss-reactive ketones (excluding diaryl/α,β-unsaturated/α-hetero) is 1. The van der Waals surface area contributed by atoms with E-state index in [2.05, 4.69) is 5.16 Å². The number of ketones is 1. The Labute approximate surface area is 164 Å². The third kappa shape index (κ3) is 5.14. The van der Waals surface area contributed by atoms with Gasteiger partial charge in [0.25, 0.3) is 0 Å². The van der Waals surface area contributed by atoms with Crippen molar-refractivity contribution in [2.45, 2.75) is 17.7 Å². The minimum Gasteiger partial charge on any atom is -0.294 e. The molecule has 3 aromatic carbocycles. The van der Waals surface area contributed by atoms with E-state index in [9.17, 15) is 13.2 Å². The lowest BCUT2D eigenvalue weighted by molar-refractivity contribution is 0.0985. The smallest absolute Gasteiger partial charge is 0.294 e. The van der Waals surface area contributed by atoms with Gasteiger partial charge < -0.3 is 0 Å². The molecule has 0 fully saturated rings. The van der Waals surface area contributed by atoms with E-state index in [-0.39, 0.29) is 23.5 Å². The van der Waals surface area contributed by atoms with Crippen molar-refractivity contribution in [1.82, 2.24) is 0 Å². The molecule has 0 aliphatic heterocycles. The first-order chi connectivity index (χ1) is 13.6. The fourth-order valence-electron chi connectivity index (χ4n) is 2.60. The molecule has 0 aliphatic rings. The normalized spacial score (nSPS) is 11.8. The van der Waals surface area contributed by atoms with Gasteiger partial charge in [-0.15, -0.1) is 0 Å². The number of rotatable bonds is 8. The zero-order valence-electron chi connectivity index (χ0n) is 15.1. The average Bonchev–Trinajstić information content (AvgIpc) is 2.75.